The summed E-state index contributed by atoms with van der Waals surface area (Å²) in [5.41, 5.74) is 1.39. The monoisotopic (exact) mass is 357 g/mol. The van der Waals surface area contributed by atoms with Crippen LogP contribution < -0.4 is 0 Å². The van der Waals surface area contributed by atoms with Crippen molar-refractivity contribution in [3.63, 3.8) is 0 Å². The van der Waals surface area contributed by atoms with Gasteiger partial charge in [0.1, 0.15) is 0 Å². The molecule has 0 fully saturated rings. The quantitative estimate of drug-likeness (QED) is 0.624. The number of nitrogens with zero attached hydrogens (tertiary/aromatic N) is 1. The van der Waals surface area contributed by atoms with E-state index in [9.17, 15) is 4.79 Å². The Hall–Kier alpha value is -1.37. The summed E-state index contributed by atoms with van der Waals surface area (Å²) >= 11 is 2.21. The lowest BCUT2D eigenvalue weighted by Gasteiger charge is -1.98. The Morgan fingerprint density at radius 2 is 2.28 bits per heavy atom. The van der Waals surface area contributed by atoms with Crippen molar-refractivity contribution in [3.05, 3.63) is 39.3 Å². The van der Waals surface area contributed by atoms with E-state index in [2.05, 4.69) is 27.6 Å². The molecule has 0 spiro atoms. The second-order valence-electron chi connectivity index (χ2n) is 3.66. The maximum Gasteiger partial charge on any atom is 0.376 e. The summed E-state index contributed by atoms with van der Waals surface area (Å²) in [6, 6.07) is 7.73. The Balaban J connectivity index is 2.37. The van der Waals surface area contributed by atoms with Crippen LogP contribution in [0.1, 0.15) is 23.2 Å². The number of aromatic nitrogens is 1. The fourth-order valence-corrected chi connectivity index (χ4v) is 2.07. The normalized spacial score (nSPS) is 10.4. The first-order valence-corrected chi connectivity index (χ1v) is 6.60. The molecule has 0 bridgehead atoms. The van der Waals surface area contributed by atoms with Gasteiger partial charge in [0.15, 0.2) is 0 Å². The Labute approximate surface area is 118 Å². The molecule has 0 aliphatic rings. The lowest BCUT2D eigenvalue weighted by atomic mass is 10.2. The van der Waals surface area contributed by atoms with Crippen LogP contribution in [0.5, 0.6) is 0 Å². The molecular formula is C13H12INO3. The number of carbonyl (C=O) groups is 1. The Morgan fingerprint density at radius 1 is 1.50 bits per heavy atom. The SMILES string of the molecule is CCOC(=O)c1oc(-c2cccc(I)c2)nc1C. The molecule has 0 amide bonds. The van der Waals surface area contributed by atoms with Crippen LogP contribution in [-0.4, -0.2) is 17.6 Å². The average molecular weight is 357 g/mol. The molecule has 1 aromatic carbocycles. The highest BCUT2D eigenvalue weighted by atomic mass is 127. The first-order valence-electron chi connectivity index (χ1n) is 5.52. The molecule has 0 aliphatic carbocycles. The van der Waals surface area contributed by atoms with Crippen molar-refractivity contribution in [2.45, 2.75) is 13.8 Å². The van der Waals surface area contributed by atoms with Gasteiger partial charge in [0.2, 0.25) is 11.7 Å². The zero-order valence-electron chi connectivity index (χ0n) is 10.1. The van der Waals surface area contributed by atoms with Gasteiger partial charge in [-0.15, -0.1) is 0 Å². The van der Waals surface area contributed by atoms with Crippen LogP contribution in [0.25, 0.3) is 11.5 Å². The molecular weight excluding hydrogens is 345 g/mol. The highest BCUT2D eigenvalue weighted by molar-refractivity contribution is 14.1. The summed E-state index contributed by atoms with van der Waals surface area (Å²) in [5, 5.41) is 0. The van der Waals surface area contributed by atoms with E-state index in [-0.39, 0.29) is 5.76 Å². The molecule has 94 valence electrons. The number of oxazole rings is 1. The van der Waals surface area contributed by atoms with E-state index in [0.29, 0.717) is 18.2 Å². The number of esters is 1. The first kappa shape index (κ1) is 13.1. The van der Waals surface area contributed by atoms with E-state index >= 15 is 0 Å². The van der Waals surface area contributed by atoms with E-state index < -0.39 is 5.97 Å². The minimum Gasteiger partial charge on any atom is -0.460 e. The van der Waals surface area contributed by atoms with Crippen molar-refractivity contribution in [1.82, 2.24) is 4.98 Å². The maximum absolute atomic E-state index is 11.6. The Kier molecular flexibility index (Phi) is 4.00. The minimum atomic E-state index is -0.473. The van der Waals surface area contributed by atoms with Gasteiger partial charge in [-0.05, 0) is 54.6 Å². The van der Waals surface area contributed by atoms with E-state index in [0.717, 1.165) is 9.13 Å². The van der Waals surface area contributed by atoms with E-state index in [1.165, 1.54) is 0 Å². The van der Waals surface area contributed by atoms with Gasteiger partial charge in [-0.25, -0.2) is 9.78 Å². The highest BCUT2D eigenvalue weighted by Gasteiger charge is 2.19. The topological polar surface area (TPSA) is 52.3 Å². The van der Waals surface area contributed by atoms with Gasteiger partial charge in [-0.3, -0.25) is 0 Å². The lowest BCUT2D eigenvalue weighted by molar-refractivity contribution is 0.0490. The van der Waals surface area contributed by atoms with Gasteiger partial charge < -0.3 is 9.15 Å². The van der Waals surface area contributed by atoms with Crippen molar-refractivity contribution >= 4 is 28.6 Å². The molecule has 0 atom stereocenters. The standard InChI is InChI=1S/C13H12INO3/c1-3-17-13(16)11-8(2)15-12(18-11)9-5-4-6-10(14)7-9/h4-7H,3H2,1-2H3. The highest BCUT2D eigenvalue weighted by Crippen LogP contribution is 2.23. The molecule has 5 heteroatoms. The van der Waals surface area contributed by atoms with Gasteiger partial charge in [-0.2, -0.15) is 0 Å². The minimum absolute atomic E-state index is 0.172. The summed E-state index contributed by atoms with van der Waals surface area (Å²) in [6.45, 7) is 3.80. The summed E-state index contributed by atoms with van der Waals surface area (Å²) in [4.78, 5) is 15.9. The largest absolute Gasteiger partial charge is 0.460 e. The molecule has 0 aliphatic heterocycles. The fourth-order valence-electron chi connectivity index (χ4n) is 1.53. The van der Waals surface area contributed by atoms with Gasteiger partial charge in [0.25, 0.3) is 0 Å². The van der Waals surface area contributed by atoms with E-state index in [4.69, 9.17) is 9.15 Å². The fraction of sp³-hybridized carbons (Fsp3) is 0.231. The van der Waals surface area contributed by atoms with E-state index in [1.807, 2.05) is 24.3 Å². The Morgan fingerprint density at radius 3 is 2.94 bits per heavy atom. The first-order chi connectivity index (χ1) is 8.61. The number of ether oxygens (including phenoxy) is 1. The molecule has 2 aromatic rings. The van der Waals surface area contributed by atoms with E-state index in [1.54, 1.807) is 13.8 Å². The molecule has 1 aromatic heterocycles. The third-order valence-electron chi connectivity index (χ3n) is 2.33. The van der Waals surface area contributed by atoms with Crippen LogP contribution in [0.3, 0.4) is 0 Å². The number of halogens is 1. The average Bonchev–Trinajstić information content (AvgIpc) is 2.72. The maximum atomic E-state index is 11.6. The third-order valence-corrected chi connectivity index (χ3v) is 3.00. The summed E-state index contributed by atoms with van der Waals surface area (Å²) in [7, 11) is 0. The van der Waals surface area contributed by atoms with Gasteiger partial charge in [0.05, 0.1) is 12.3 Å². The molecule has 0 radical (unpaired) electrons. The third kappa shape index (κ3) is 2.72. The van der Waals surface area contributed by atoms with Crippen LogP contribution in [-0.2, 0) is 4.74 Å². The second-order valence-corrected chi connectivity index (χ2v) is 4.91. The summed E-state index contributed by atoms with van der Waals surface area (Å²) in [5.74, 6) is 0.138. The zero-order chi connectivity index (χ0) is 13.1. The molecule has 1 heterocycles. The number of hydrogen-bond acceptors (Lipinski definition) is 4. The van der Waals surface area contributed by atoms with Gasteiger partial charge in [-0.1, -0.05) is 6.07 Å². The number of carbonyl (C=O) groups excluding carboxylic acids is 1. The molecule has 0 N–H and O–H groups in total. The van der Waals surface area contributed by atoms with Gasteiger partial charge >= 0.3 is 5.97 Å². The molecule has 18 heavy (non-hydrogen) atoms. The number of aryl methyl sites for hydroxylation is 1. The predicted octanol–water partition coefficient (Wildman–Crippen LogP) is 3.43. The zero-order valence-corrected chi connectivity index (χ0v) is 12.2. The van der Waals surface area contributed by atoms with Crippen LogP contribution in [0.4, 0.5) is 0 Å². The van der Waals surface area contributed by atoms with Gasteiger partial charge in [0, 0.05) is 9.13 Å². The van der Waals surface area contributed by atoms with Crippen LogP contribution >= 0.6 is 22.6 Å². The van der Waals surface area contributed by atoms with Crippen molar-refractivity contribution in [2.24, 2.45) is 0 Å². The lowest BCUT2D eigenvalue weighted by Crippen LogP contribution is -2.04. The summed E-state index contributed by atoms with van der Waals surface area (Å²) < 4.78 is 11.5. The van der Waals surface area contributed by atoms with Crippen LogP contribution in [0, 0.1) is 10.5 Å². The molecule has 0 unspecified atom stereocenters. The molecule has 0 saturated heterocycles. The van der Waals surface area contributed by atoms with Crippen molar-refractivity contribution in [2.75, 3.05) is 6.61 Å². The molecule has 2 rings (SSSR count). The number of rotatable bonds is 3. The smallest absolute Gasteiger partial charge is 0.376 e. The molecule has 4 nitrogen and oxygen atoms in total. The van der Waals surface area contributed by atoms with Crippen molar-refractivity contribution < 1.29 is 13.9 Å². The number of hydrogen-bond donors (Lipinski definition) is 0. The predicted molar refractivity (Wildman–Crippen MR) is 75.3 cm³/mol. The van der Waals surface area contributed by atoms with Crippen molar-refractivity contribution in [3.8, 4) is 11.5 Å². The molecule has 0 saturated carbocycles. The number of benzene rings is 1. The Bertz CT molecular complexity index is 577. The summed E-state index contributed by atoms with van der Waals surface area (Å²) in [6.07, 6.45) is 0. The second kappa shape index (κ2) is 5.51. The van der Waals surface area contributed by atoms with Crippen LogP contribution in [0.2, 0.25) is 0 Å². The van der Waals surface area contributed by atoms with Crippen molar-refractivity contribution in [1.29, 1.82) is 0 Å². The van der Waals surface area contributed by atoms with Crippen LogP contribution in [0.15, 0.2) is 28.7 Å².